The Morgan fingerprint density at radius 2 is 1.85 bits per heavy atom. The molecule has 2 aromatic carbocycles. The smallest absolute Gasteiger partial charge is 0.156 e. The van der Waals surface area contributed by atoms with Crippen molar-refractivity contribution in [3.05, 3.63) is 65.6 Å². The molecular formula is C22H28N2O3. The van der Waals surface area contributed by atoms with Crippen LogP contribution in [0.5, 0.6) is 11.5 Å². The number of nitrogens with one attached hydrogen (secondary N) is 2. The molecule has 5 nitrogen and oxygen atoms in total. The molecule has 144 valence electrons. The molecule has 2 aromatic rings. The number of β-amino-alcohol motifs (C(OH)–C–C–N with tert-alkyl or cyclic N) is 1. The molecule has 1 aliphatic heterocycles. The first-order chi connectivity index (χ1) is 12.9. The van der Waals surface area contributed by atoms with Crippen molar-refractivity contribution in [1.82, 2.24) is 5.32 Å². The van der Waals surface area contributed by atoms with Crippen LogP contribution in [0.25, 0.3) is 0 Å². The van der Waals surface area contributed by atoms with Crippen LogP contribution in [0.3, 0.4) is 0 Å². The second-order valence-electron chi connectivity index (χ2n) is 7.60. The number of aliphatic hydroxyl groups is 1. The first-order valence-electron chi connectivity index (χ1n) is 9.34. The SMILES string of the molecule is CCc1ccc(CC(C)(C)NCC(O)c2cc(O)cc3c2OC=CN3)cc1. The highest BCUT2D eigenvalue weighted by atomic mass is 16.5. The summed E-state index contributed by atoms with van der Waals surface area (Å²) >= 11 is 0. The zero-order valence-electron chi connectivity index (χ0n) is 16.1. The van der Waals surface area contributed by atoms with Gasteiger partial charge in [0.15, 0.2) is 5.75 Å². The molecule has 1 unspecified atom stereocenters. The first kappa shape index (κ1) is 19.3. The van der Waals surface area contributed by atoms with Gasteiger partial charge in [-0.15, -0.1) is 0 Å². The van der Waals surface area contributed by atoms with Crippen LogP contribution in [0.15, 0.2) is 48.9 Å². The van der Waals surface area contributed by atoms with Crippen LogP contribution in [0.1, 0.15) is 43.6 Å². The minimum atomic E-state index is -0.805. The lowest BCUT2D eigenvalue weighted by Crippen LogP contribution is -2.43. The topological polar surface area (TPSA) is 73.8 Å². The van der Waals surface area contributed by atoms with E-state index >= 15 is 0 Å². The molecule has 0 saturated heterocycles. The number of phenols is 1. The number of hydrogen-bond acceptors (Lipinski definition) is 5. The Morgan fingerprint density at radius 1 is 1.15 bits per heavy atom. The van der Waals surface area contributed by atoms with Gasteiger partial charge < -0.3 is 25.6 Å². The lowest BCUT2D eigenvalue weighted by atomic mass is 9.93. The summed E-state index contributed by atoms with van der Waals surface area (Å²) in [5, 5.41) is 27.1. The molecule has 0 spiro atoms. The molecule has 4 N–H and O–H groups in total. The van der Waals surface area contributed by atoms with E-state index in [2.05, 4.69) is 55.7 Å². The second-order valence-corrected chi connectivity index (χ2v) is 7.60. The lowest BCUT2D eigenvalue weighted by Gasteiger charge is -2.29. The molecule has 0 saturated carbocycles. The van der Waals surface area contributed by atoms with Crippen molar-refractivity contribution in [1.29, 1.82) is 0 Å². The molecular weight excluding hydrogens is 340 g/mol. The van der Waals surface area contributed by atoms with Crippen molar-refractivity contribution in [2.45, 2.75) is 45.3 Å². The highest BCUT2D eigenvalue weighted by Gasteiger charge is 2.23. The second kappa shape index (κ2) is 8.03. The minimum absolute atomic E-state index is 0.0875. The maximum absolute atomic E-state index is 10.7. The summed E-state index contributed by atoms with van der Waals surface area (Å²) in [6.07, 6.45) is 4.24. The number of aliphatic hydroxyl groups excluding tert-OH is 1. The van der Waals surface area contributed by atoms with Gasteiger partial charge in [0.25, 0.3) is 0 Å². The largest absolute Gasteiger partial charge is 0.508 e. The molecule has 0 aromatic heterocycles. The monoisotopic (exact) mass is 368 g/mol. The molecule has 1 heterocycles. The van der Waals surface area contributed by atoms with E-state index in [4.69, 9.17) is 4.74 Å². The summed E-state index contributed by atoms with van der Waals surface area (Å²) in [5.74, 6) is 0.627. The van der Waals surface area contributed by atoms with Crippen LogP contribution >= 0.6 is 0 Å². The number of anilines is 1. The normalized spacial score (nSPS) is 14.2. The summed E-state index contributed by atoms with van der Waals surface area (Å²) in [4.78, 5) is 0. The molecule has 0 amide bonds. The molecule has 0 fully saturated rings. The summed E-state index contributed by atoms with van der Waals surface area (Å²) in [6, 6.07) is 11.8. The summed E-state index contributed by atoms with van der Waals surface area (Å²) in [7, 11) is 0. The van der Waals surface area contributed by atoms with Crippen molar-refractivity contribution < 1.29 is 14.9 Å². The Balaban J connectivity index is 1.66. The molecule has 1 aliphatic rings. The minimum Gasteiger partial charge on any atom is -0.508 e. The van der Waals surface area contributed by atoms with E-state index in [-0.39, 0.29) is 11.3 Å². The zero-order chi connectivity index (χ0) is 19.4. The number of phenolic OH excluding ortho intramolecular Hbond substituents is 1. The van der Waals surface area contributed by atoms with E-state index in [9.17, 15) is 10.2 Å². The van der Waals surface area contributed by atoms with Gasteiger partial charge in [0.05, 0.1) is 11.8 Å². The van der Waals surface area contributed by atoms with Crippen molar-refractivity contribution in [2.75, 3.05) is 11.9 Å². The standard InChI is InChI=1S/C22H28N2O3/c1-4-15-5-7-16(8-6-15)13-22(2,3)24-14-20(26)18-11-17(25)12-19-21(18)27-10-9-23-19/h5-12,20,23-26H,4,13-14H2,1-3H3. The fourth-order valence-corrected chi connectivity index (χ4v) is 3.30. The van der Waals surface area contributed by atoms with Crippen molar-refractivity contribution >= 4 is 5.69 Å². The van der Waals surface area contributed by atoms with E-state index < -0.39 is 6.10 Å². The van der Waals surface area contributed by atoms with Crippen LogP contribution < -0.4 is 15.4 Å². The number of rotatable bonds is 7. The van der Waals surface area contributed by atoms with E-state index in [1.165, 1.54) is 17.4 Å². The van der Waals surface area contributed by atoms with Gasteiger partial charge in [-0.05, 0) is 43.9 Å². The molecule has 0 radical (unpaired) electrons. The third kappa shape index (κ3) is 4.81. The summed E-state index contributed by atoms with van der Waals surface area (Å²) in [5.41, 5.74) is 3.59. The van der Waals surface area contributed by atoms with Crippen LogP contribution in [0, 0.1) is 0 Å². The van der Waals surface area contributed by atoms with Crippen molar-refractivity contribution in [2.24, 2.45) is 0 Å². The maximum Gasteiger partial charge on any atom is 0.156 e. The predicted molar refractivity (Wildman–Crippen MR) is 108 cm³/mol. The third-order valence-corrected chi connectivity index (χ3v) is 4.81. The van der Waals surface area contributed by atoms with E-state index in [1.54, 1.807) is 18.3 Å². The highest BCUT2D eigenvalue weighted by molar-refractivity contribution is 5.66. The van der Waals surface area contributed by atoms with E-state index in [0.717, 1.165) is 12.8 Å². The summed E-state index contributed by atoms with van der Waals surface area (Å²) in [6.45, 7) is 6.73. The third-order valence-electron chi connectivity index (χ3n) is 4.81. The van der Waals surface area contributed by atoms with Gasteiger partial charge in [0.2, 0.25) is 0 Å². The Kier molecular flexibility index (Phi) is 5.73. The maximum atomic E-state index is 10.7. The Labute approximate surface area is 160 Å². The van der Waals surface area contributed by atoms with Gasteiger partial charge in [0.1, 0.15) is 12.0 Å². The lowest BCUT2D eigenvalue weighted by molar-refractivity contribution is 0.157. The Hall–Kier alpha value is -2.50. The highest BCUT2D eigenvalue weighted by Crippen LogP contribution is 2.38. The number of benzene rings is 2. The summed E-state index contributed by atoms with van der Waals surface area (Å²) < 4.78 is 5.54. The van der Waals surface area contributed by atoms with Crippen molar-refractivity contribution in [3.8, 4) is 11.5 Å². The fraction of sp³-hybridized carbons (Fsp3) is 0.364. The Morgan fingerprint density at radius 3 is 2.56 bits per heavy atom. The molecule has 5 heteroatoms. The van der Waals surface area contributed by atoms with Crippen LogP contribution in [-0.2, 0) is 12.8 Å². The van der Waals surface area contributed by atoms with Gasteiger partial charge >= 0.3 is 0 Å². The molecule has 27 heavy (non-hydrogen) atoms. The number of hydrogen-bond donors (Lipinski definition) is 4. The van der Waals surface area contributed by atoms with E-state index in [0.29, 0.717) is 23.5 Å². The quantitative estimate of drug-likeness (QED) is 0.597. The number of fused-ring (bicyclic) bond motifs is 1. The van der Waals surface area contributed by atoms with Gasteiger partial charge in [-0.3, -0.25) is 0 Å². The molecule has 1 atom stereocenters. The van der Waals surface area contributed by atoms with Gasteiger partial charge in [-0.1, -0.05) is 31.2 Å². The first-order valence-corrected chi connectivity index (χ1v) is 9.34. The van der Waals surface area contributed by atoms with Crippen LogP contribution in [0.4, 0.5) is 5.69 Å². The molecule has 0 aliphatic carbocycles. The average molecular weight is 368 g/mol. The average Bonchev–Trinajstić information content (AvgIpc) is 2.66. The number of aryl methyl sites for hydroxylation is 1. The number of ether oxygens (including phenoxy) is 1. The van der Waals surface area contributed by atoms with Gasteiger partial charge in [0, 0.05) is 29.9 Å². The van der Waals surface area contributed by atoms with Gasteiger partial charge in [-0.2, -0.15) is 0 Å². The predicted octanol–water partition coefficient (Wildman–Crippen LogP) is 3.87. The van der Waals surface area contributed by atoms with Crippen molar-refractivity contribution in [3.63, 3.8) is 0 Å². The number of aromatic hydroxyl groups is 1. The zero-order valence-corrected chi connectivity index (χ0v) is 16.1. The fourth-order valence-electron chi connectivity index (χ4n) is 3.30. The Bertz CT molecular complexity index is 813. The van der Waals surface area contributed by atoms with Crippen LogP contribution in [0.2, 0.25) is 0 Å². The molecule has 0 bridgehead atoms. The molecule has 3 rings (SSSR count). The van der Waals surface area contributed by atoms with Crippen LogP contribution in [-0.4, -0.2) is 22.3 Å². The van der Waals surface area contributed by atoms with E-state index in [1.807, 2.05) is 0 Å². The van der Waals surface area contributed by atoms with Gasteiger partial charge in [-0.25, -0.2) is 0 Å².